The first kappa shape index (κ1) is 24.4. The SMILES string of the molecule is Cc1cc(N2CCCC2=O)ccc1-c1ccc(C(=O)N2CCc3cc4c(cc32)C2(CCN(C)CC2)CO4)cc1. The minimum atomic E-state index is 0.0520. The molecule has 0 N–H and O–H groups in total. The molecule has 0 saturated carbocycles. The molecule has 2 fully saturated rings. The Morgan fingerprint density at radius 1 is 0.923 bits per heavy atom. The van der Waals surface area contributed by atoms with Gasteiger partial charge in [-0.25, -0.2) is 0 Å². The van der Waals surface area contributed by atoms with E-state index in [9.17, 15) is 9.59 Å². The fraction of sp³-hybridized carbons (Fsp3) is 0.394. The number of carbonyl (C=O) groups is 2. The van der Waals surface area contributed by atoms with E-state index in [4.69, 9.17) is 4.74 Å². The summed E-state index contributed by atoms with van der Waals surface area (Å²) in [6, 6.07) is 18.6. The normalized spacial score (nSPS) is 19.9. The number of ether oxygens (including phenoxy) is 1. The summed E-state index contributed by atoms with van der Waals surface area (Å²) in [5.41, 5.74) is 8.61. The quantitative estimate of drug-likeness (QED) is 0.467. The van der Waals surface area contributed by atoms with Gasteiger partial charge in [-0.3, -0.25) is 9.59 Å². The minimum Gasteiger partial charge on any atom is -0.492 e. The summed E-state index contributed by atoms with van der Waals surface area (Å²) in [6.07, 6.45) is 4.60. The third-order valence-corrected chi connectivity index (χ3v) is 9.38. The van der Waals surface area contributed by atoms with Gasteiger partial charge in [-0.05, 0) is 111 Å². The lowest BCUT2D eigenvalue weighted by Gasteiger charge is -2.37. The van der Waals surface area contributed by atoms with Crippen LogP contribution in [-0.2, 0) is 16.6 Å². The number of amides is 2. The number of hydrogen-bond donors (Lipinski definition) is 0. The molecule has 0 aliphatic carbocycles. The molecular weight excluding hydrogens is 486 g/mol. The first-order chi connectivity index (χ1) is 18.9. The van der Waals surface area contributed by atoms with E-state index >= 15 is 0 Å². The van der Waals surface area contributed by atoms with Gasteiger partial charge in [0, 0.05) is 47.4 Å². The van der Waals surface area contributed by atoms with Crippen molar-refractivity contribution in [2.45, 2.75) is 44.4 Å². The number of fused-ring (bicyclic) bond motifs is 3. The van der Waals surface area contributed by atoms with E-state index in [1.54, 1.807) is 0 Å². The molecule has 0 unspecified atom stereocenters. The summed E-state index contributed by atoms with van der Waals surface area (Å²) in [7, 11) is 2.19. The van der Waals surface area contributed by atoms with Crippen molar-refractivity contribution in [1.82, 2.24) is 4.90 Å². The van der Waals surface area contributed by atoms with Gasteiger partial charge in [0.15, 0.2) is 0 Å². The van der Waals surface area contributed by atoms with E-state index in [1.165, 1.54) is 11.1 Å². The van der Waals surface area contributed by atoms with E-state index < -0.39 is 0 Å². The maximum atomic E-state index is 13.7. The van der Waals surface area contributed by atoms with Gasteiger partial charge in [-0.2, -0.15) is 0 Å². The van der Waals surface area contributed by atoms with Crippen molar-refractivity contribution in [3.63, 3.8) is 0 Å². The van der Waals surface area contributed by atoms with E-state index in [0.717, 1.165) is 85.7 Å². The smallest absolute Gasteiger partial charge is 0.258 e. The van der Waals surface area contributed by atoms with E-state index in [0.29, 0.717) is 18.5 Å². The van der Waals surface area contributed by atoms with E-state index in [1.807, 2.05) is 40.1 Å². The Labute approximate surface area is 230 Å². The fourth-order valence-electron chi connectivity index (χ4n) is 6.92. The number of aryl methyl sites for hydroxylation is 1. The molecule has 2 amide bonds. The summed E-state index contributed by atoms with van der Waals surface area (Å²) < 4.78 is 6.20. The monoisotopic (exact) mass is 521 g/mol. The van der Waals surface area contributed by atoms with Gasteiger partial charge in [0.2, 0.25) is 5.91 Å². The van der Waals surface area contributed by atoms with Crippen LogP contribution < -0.4 is 14.5 Å². The van der Waals surface area contributed by atoms with E-state index in [2.05, 4.69) is 43.1 Å². The molecule has 3 aromatic rings. The maximum absolute atomic E-state index is 13.7. The lowest BCUT2D eigenvalue weighted by atomic mass is 9.74. The topological polar surface area (TPSA) is 53.1 Å². The summed E-state index contributed by atoms with van der Waals surface area (Å²) in [5, 5.41) is 0. The molecule has 0 radical (unpaired) electrons. The number of likely N-dealkylation sites (tertiary alicyclic amines) is 1. The molecule has 4 aliphatic rings. The molecule has 200 valence electrons. The number of piperidine rings is 1. The third-order valence-electron chi connectivity index (χ3n) is 9.38. The van der Waals surface area contributed by atoms with Crippen molar-refractivity contribution in [3.8, 4) is 16.9 Å². The van der Waals surface area contributed by atoms with Crippen molar-refractivity contribution in [3.05, 3.63) is 76.9 Å². The lowest BCUT2D eigenvalue weighted by Crippen LogP contribution is -2.42. The van der Waals surface area contributed by atoms with Crippen molar-refractivity contribution >= 4 is 23.2 Å². The molecule has 4 heterocycles. The number of carbonyl (C=O) groups excluding carboxylic acids is 2. The molecule has 1 spiro atoms. The zero-order chi connectivity index (χ0) is 26.7. The second-order valence-corrected chi connectivity index (χ2v) is 11.8. The summed E-state index contributed by atoms with van der Waals surface area (Å²) in [4.78, 5) is 32.1. The highest BCUT2D eigenvalue weighted by Gasteiger charge is 2.44. The Balaban J connectivity index is 1.13. The highest BCUT2D eigenvalue weighted by Crippen LogP contribution is 2.49. The molecule has 39 heavy (non-hydrogen) atoms. The van der Waals surface area contributed by atoms with Crippen molar-refractivity contribution in [1.29, 1.82) is 0 Å². The number of nitrogens with zero attached hydrogens (tertiary/aromatic N) is 3. The molecule has 7 rings (SSSR count). The Kier molecular flexibility index (Phi) is 5.78. The Morgan fingerprint density at radius 2 is 1.72 bits per heavy atom. The van der Waals surface area contributed by atoms with Crippen molar-refractivity contribution in [2.75, 3.05) is 49.6 Å². The van der Waals surface area contributed by atoms with Crippen LogP contribution in [0.4, 0.5) is 11.4 Å². The van der Waals surface area contributed by atoms with Gasteiger partial charge in [0.1, 0.15) is 5.75 Å². The Hall–Kier alpha value is -3.64. The standard InChI is InChI=1S/C33H35N3O3/c1-22-18-26(35-14-3-4-31(35)37)9-10-27(22)23-5-7-24(8-6-23)32(38)36-15-11-25-19-30-28(20-29(25)36)33(21-39-30)12-16-34(2)17-13-33/h5-10,18-20H,3-4,11-17,21H2,1-2H3. The van der Waals surface area contributed by atoms with Crippen LogP contribution in [0.25, 0.3) is 11.1 Å². The molecule has 6 nitrogen and oxygen atoms in total. The zero-order valence-corrected chi connectivity index (χ0v) is 22.8. The maximum Gasteiger partial charge on any atom is 0.258 e. The molecule has 3 aromatic carbocycles. The van der Waals surface area contributed by atoms with Gasteiger partial charge in [0.05, 0.1) is 6.61 Å². The van der Waals surface area contributed by atoms with Crippen LogP contribution in [0.15, 0.2) is 54.6 Å². The fourth-order valence-corrected chi connectivity index (χ4v) is 6.92. The van der Waals surface area contributed by atoms with Crippen LogP contribution in [-0.4, -0.2) is 56.5 Å². The number of benzene rings is 3. The third kappa shape index (κ3) is 4.04. The molecular formula is C33H35N3O3. The summed E-state index contributed by atoms with van der Waals surface area (Å²) in [6.45, 7) is 6.48. The molecule has 4 aliphatic heterocycles. The average Bonchev–Trinajstić information content (AvgIpc) is 3.66. The zero-order valence-electron chi connectivity index (χ0n) is 22.8. The number of hydrogen-bond acceptors (Lipinski definition) is 4. The predicted octanol–water partition coefficient (Wildman–Crippen LogP) is 5.35. The van der Waals surface area contributed by atoms with Crippen LogP contribution >= 0.6 is 0 Å². The van der Waals surface area contributed by atoms with Gasteiger partial charge in [-0.1, -0.05) is 18.2 Å². The van der Waals surface area contributed by atoms with Crippen LogP contribution in [0.2, 0.25) is 0 Å². The van der Waals surface area contributed by atoms with Crippen LogP contribution in [0.3, 0.4) is 0 Å². The van der Waals surface area contributed by atoms with Gasteiger partial charge in [0.25, 0.3) is 5.91 Å². The lowest BCUT2D eigenvalue weighted by molar-refractivity contribution is -0.117. The minimum absolute atomic E-state index is 0.0520. The first-order valence-electron chi connectivity index (χ1n) is 14.2. The largest absolute Gasteiger partial charge is 0.492 e. The second-order valence-electron chi connectivity index (χ2n) is 11.8. The molecule has 0 bridgehead atoms. The van der Waals surface area contributed by atoms with Gasteiger partial charge >= 0.3 is 0 Å². The molecule has 0 aromatic heterocycles. The van der Waals surface area contributed by atoms with Crippen LogP contribution in [0, 0.1) is 6.92 Å². The van der Waals surface area contributed by atoms with Gasteiger partial charge < -0.3 is 19.4 Å². The molecule has 6 heteroatoms. The predicted molar refractivity (Wildman–Crippen MR) is 154 cm³/mol. The van der Waals surface area contributed by atoms with Gasteiger partial charge in [-0.15, -0.1) is 0 Å². The van der Waals surface area contributed by atoms with Crippen molar-refractivity contribution in [2.24, 2.45) is 0 Å². The number of anilines is 2. The molecule has 0 atom stereocenters. The highest BCUT2D eigenvalue weighted by molar-refractivity contribution is 6.07. The average molecular weight is 522 g/mol. The van der Waals surface area contributed by atoms with Crippen molar-refractivity contribution < 1.29 is 14.3 Å². The van der Waals surface area contributed by atoms with E-state index in [-0.39, 0.29) is 17.2 Å². The number of rotatable bonds is 3. The highest BCUT2D eigenvalue weighted by atomic mass is 16.5. The van der Waals surface area contributed by atoms with Crippen LogP contribution in [0.1, 0.15) is 52.7 Å². The Bertz CT molecular complexity index is 1470. The van der Waals surface area contributed by atoms with Crippen LogP contribution in [0.5, 0.6) is 5.75 Å². The molecule has 2 saturated heterocycles. The summed E-state index contributed by atoms with van der Waals surface area (Å²) in [5.74, 6) is 1.27. The second kappa shape index (κ2) is 9.23. The summed E-state index contributed by atoms with van der Waals surface area (Å²) >= 11 is 0. The Morgan fingerprint density at radius 3 is 2.44 bits per heavy atom. The first-order valence-corrected chi connectivity index (χ1v) is 14.2.